The average Bonchev–Trinajstić information content (AvgIpc) is 2.74. The molecule has 1 saturated heterocycles. The Morgan fingerprint density at radius 1 is 0.862 bits per heavy atom. The first-order chi connectivity index (χ1) is 14.0. The van der Waals surface area contributed by atoms with Crippen LogP contribution in [-0.2, 0) is 14.3 Å². The van der Waals surface area contributed by atoms with Gasteiger partial charge in [0.1, 0.15) is 23.3 Å². The predicted octanol–water partition coefficient (Wildman–Crippen LogP) is 3.29. The molecule has 0 aromatic heterocycles. The van der Waals surface area contributed by atoms with Crippen molar-refractivity contribution in [3.05, 3.63) is 60.4 Å². The van der Waals surface area contributed by atoms with Gasteiger partial charge >= 0.3 is 0 Å². The predicted molar refractivity (Wildman–Crippen MR) is 113 cm³/mol. The number of ether oxygens (including phenoxy) is 3. The SMILES string of the molecule is CCOC=C1C(=O)N(c2ccccc2OC)C(=S)N(c2ccccc2OC)C1=O. The fourth-order valence-corrected chi connectivity index (χ4v) is 3.29. The van der Waals surface area contributed by atoms with Gasteiger partial charge in [0.25, 0.3) is 11.8 Å². The number of carbonyl (C=O) groups excluding carboxylic acids is 2. The smallest absolute Gasteiger partial charge is 0.273 e. The van der Waals surface area contributed by atoms with Crippen molar-refractivity contribution in [2.45, 2.75) is 6.92 Å². The summed E-state index contributed by atoms with van der Waals surface area (Å²) in [5.41, 5.74) is 0.678. The highest BCUT2D eigenvalue weighted by molar-refractivity contribution is 7.81. The third kappa shape index (κ3) is 3.66. The molecule has 0 saturated carbocycles. The van der Waals surface area contributed by atoms with Crippen LogP contribution in [0.3, 0.4) is 0 Å². The second kappa shape index (κ2) is 8.74. The van der Waals surface area contributed by atoms with Crippen LogP contribution in [0.1, 0.15) is 6.92 Å². The van der Waals surface area contributed by atoms with Gasteiger partial charge in [0.15, 0.2) is 5.11 Å². The molecule has 29 heavy (non-hydrogen) atoms. The number of anilines is 2. The van der Waals surface area contributed by atoms with E-state index in [1.54, 1.807) is 55.5 Å². The normalized spacial score (nSPS) is 14.2. The van der Waals surface area contributed by atoms with E-state index in [2.05, 4.69) is 0 Å². The van der Waals surface area contributed by atoms with Crippen LogP contribution < -0.4 is 19.3 Å². The highest BCUT2D eigenvalue weighted by Crippen LogP contribution is 2.37. The minimum atomic E-state index is -0.593. The van der Waals surface area contributed by atoms with Crippen molar-refractivity contribution < 1.29 is 23.8 Å². The van der Waals surface area contributed by atoms with Gasteiger partial charge in [-0.05, 0) is 43.4 Å². The molecule has 7 nitrogen and oxygen atoms in total. The summed E-state index contributed by atoms with van der Waals surface area (Å²) < 4.78 is 16.1. The number of methoxy groups -OCH3 is 2. The van der Waals surface area contributed by atoms with Crippen LogP contribution in [0.15, 0.2) is 60.4 Å². The van der Waals surface area contributed by atoms with Crippen molar-refractivity contribution >= 4 is 40.5 Å². The second-order valence-electron chi connectivity index (χ2n) is 5.89. The molecule has 0 unspecified atom stereocenters. The fourth-order valence-electron chi connectivity index (χ4n) is 2.93. The zero-order valence-corrected chi connectivity index (χ0v) is 17.1. The maximum atomic E-state index is 13.2. The van der Waals surface area contributed by atoms with Crippen LogP contribution in [0.2, 0.25) is 0 Å². The number of benzene rings is 2. The largest absolute Gasteiger partial charge is 0.500 e. The maximum Gasteiger partial charge on any atom is 0.273 e. The van der Waals surface area contributed by atoms with Gasteiger partial charge in [0.2, 0.25) is 0 Å². The van der Waals surface area contributed by atoms with Crippen LogP contribution in [0, 0.1) is 0 Å². The Morgan fingerprint density at radius 3 is 1.72 bits per heavy atom. The molecule has 0 N–H and O–H groups in total. The molecule has 2 amide bonds. The number of amides is 2. The molecular weight excluding hydrogens is 392 g/mol. The number of carbonyl (C=O) groups is 2. The lowest BCUT2D eigenvalue weighted by molar-refractivity contribution is -0.121. The van der Waals surface area contributed by atoms with Crippen molar-refractivity contribution in [1.29, 1.82) is 0 Å². The minimum Gasteiger partial charge on any atom is -0.500 e. The van der Waals surface area contributed by atoms with Crippen LogP contribution >= 0.6 is 12.2 Å². The summed E-state index contributed by atoms with van der Waals surface area (Å²) in [5.74, 6) is -0.310. The zero-order chi connectivity index (χ0) is 21.0. The number of nitrogens with zero attached hydrogens (tertiary/aromatic N) is 2. The van der Waals surface area contributed by atoms with Gasteiger partial charge in [0.05, 0.1) is 32.2 Å². The van der Waals surface area contributed by atoms with Crippen molar-refractivity contribution in [2.75, 3.05) is 30.6 Å². The highest BCUT2D eigenvalue weighted by Gasteiger charge is 2.43. The molecule has 0 spiro atoms. The van der Waals surface area contributed by atoms with Crippen LogP contribution in [-0.4, -0.2) is 37.8 Å². The molecule has 0 atom stereocenters. The number of hydrogen-bond donors (Lipinski definition) is 0. The molecule has 2 aromatic rings. The van der Waals surface area contributed by atoms with E-state index in [0.29, 0.717) is 29.5 Å². The number of thiocarbonyl (C=S) groups is 1. The van der Waals surface area contributed by atoms with Crippen molar-refractivity contribution in [3.8, 4) is 11.5 Å². The molecule has 0 aliphatic carbocycles. The molecule has 2 aromatic carbocycles. The van der Waals surface area contributed by atoms with Gasteiger partial charge in [-0.15, -0.1) is 0 Å². The molecule has 1 aliphatic rings. The molecule has 1 fully saturated rings. The van der Waals surface area contributed by atoms with Gasteiger partial charge in [-0.2, -0.15) is 0 Å². The maximum absolute atomic E-state index is 13.2. The zero-order valence-electron chi connectivity index (χ0n) is 16.2. The lowest BCUT2D eigenvalue weighted by atomic mass is 10.1. The summed E-state index contributed by atoms with van der Waals surface area (Å²) in [7, 11) is 2.99. The fraction of sp³-hybridized carbons (Fsp3) is 0.190. The van der Waals surface area contributed by atoms with Crippen molar-refractivity contribution in [3.63, 3.8) is 0 Å². The molecule has 8 heteroatoms. The number of hydrogen-bond acceptors (Lipinski definition) is 6. The van der Waals surface area contributed by atoms with E-state index in [1.165, 1.54) is 24.0 Å². The first kappa shape index (κ1) is 20.3. The summed E-state index contributed by atoms with van der Waals surface area (Å²) in [6, 6.07) is 13.9. The van der Waals surface area contributed by atoms with Gasteiger partial charge in [0, 0.05) is 0 Å². The third-order valence-corrected chi connectivity index (χ3v) is 4.63. The van der Waals surface area contributed by atoms with Gasteiger partial charge in [-0.25, -0.2) is 9.80 Å². The van der Waals surface area contributed by atoms with Crippen molar-refractivity contribution in [1.82, 2.24) is 0 Å². The lowest BCUT2D eigenvalue weighted by Gasteiger charge is -2.37. The Balaban J connectivity index is 2.20. The Kier molecular flexibility index (Phi) is 6.13. The molecule has 0 bridgehead atoms. The summed E-state index contributed by atoms with van der Waals surface area (Å²) >= 11 is 5.58. The lowest BCUT2D eigenvalue weighted by Crippen LogP contribution is -2.57. The number of para-hydroxylation sites is 4. The summed E-state index contributed by atoms with van der Waals surface area (Å²) in [5, 5.41) is -0.0114. The second-order valence-corrected chi connectivity index (χ2v) is 6.26. The van der Waals surface area contributed by atoms with Crippen LogP contribution in [0.4, 0.5) is 11.4 Å². The molecular formula is C21H20N2O5S. The van der Waals surface area contributed by atoms with E-state index in [9.17, 15) is 9.59 Å². The Bertz CT molecular complexity index is 917. The summed E-state index contributed by atoms with van der Waals surface area (Å²) in [4.78, 5) is 28.9. The highest BCUT2D eigenvalue weighted by atomic mass is 32.1. The van der Waals surface area contributed by atoms with Gasteiger partial charge < -0.3 is 14.2 Å². The van der Waals surface area contributed by atoms with E-state index in [0.717, 1.165) is 6.26 Å². The van der Waals surface area contributed by atoms with E-state index in [-0.39, 0.29) is 10.7 Å². The van der Waals surface area contributed by atoms with Crippen molar-refractivity contribution in [2.24, 2.45) is 0 Å². The Labute approximate surface area is 174 Å². The van der Waals surface area contributed by atoms with E-state index >= 15 is 0 Å². The monoisotopic (exact) mass is 412 g/mol. The first-order valence-corrected chi connectivity index (χ1v) is 9.26. The first-order valence-electron chi connectivity index (χ1n) is 8.85. The van der Waals surface area contributed by atoms with E-state index in [4.69, 9.17) is 26.4 Å². The average molecular weight is 412 g/mol. The topological polar surface area (TPSA) is 68.3 Å². The van der Waals surface area contributed by atoms with E-state index in [1.807, 2.05) is 0 Å². The number of rotatable bonds is 6. The van der Waals surface area contributed by atoms with Crippen LogP contribution in [0.5, 0.6) is 11.5 Å². The third-order valence-electron chi connectivity index (χ3n) is 4.27. The molecule has 3 rings (SSSR count). The molecule has 0 radical (unpaired) electrons. The standard InChI is InChI=1S/C21H20N2O5S/c1-4-28-13-14-19(24)22(15-9-5-7-11-17(15)26-2)21(29)23(20(14)25)16-10-6-8-12-18(16)27-3/h5-13H,4H2,1-3H3. The van der Waals surface area contributed by atoms with E-state index < -0.39 is 11.8 Å². The molecule has 1 heterocycles. The Hall–Kier alpha value is -3.39. The Morgan fingerprint density at radius 2 is 1.31 bits per heavy atom. The minimum absolute atomic E-state index is 0.0114. The summed E-state index contributed by atoms with van der Waals surface area (Å²) in [6.07, 6.45) is 1.16. The van der Waals surface area contributed by atoms with Gasteiger partial charge in [-0.3, -0.25) is 9.59 Å². The quantitative estimate of drug-likeness (QED) is 0.314. The van der Waals surface area contributed by atoms with Crippen LogP contribution in [0.25, 0.3) is 0 Å². The summed E-state index contributed by atoms with van der Waals surface area (Å²) in [6.45, 7) is 2.06. The molecule has 1 aliphatic heterocycles. The van der Waals surface area contributed by atoms with Gasteiger partial charge in [-0.1, -0.05) is 24.3 Å². The molecule has 150 valence electrons.